The lowest BCUT2D eigenvalue weighted by Crippen LogP contribution is -2.54. The Bertz CT molecular complexity index is 2100. The highest BCUT2D eigenvalue weighted by molar-refractivity contribution is 6.02. The van der Waals surface area contributed by atoms with E-state index in [1.54, 1.807) is 13.8 Å². The van der Waals surface area contributed by atoms with Crippen LogP contribution in [0.1, 0.15) is 87.9 Å². The fourth-order valence-electron chi connectivity index (χ4n) is 8.26. The molecule has 6 rings (SSSR count). The van der Waals surface area contributed by atoms with Gasteiger partial charge < -0.3 is 34.9 Å². The number of carbonyl (C=O) groups is 5. The summed E-state index contributed by atoms with van der Waals surface area (Å²) in [6.07, 6.45) is 4.22. The van der Waals surface area contributed by atoms with Crippen LogP contribution in [0.25, 0.3) is 11.3 Å². The van der Waals surface area contributed by atoms with Crippen molar-refractivity contribution >= 4 is 35.6 Å². The van der Waals surface area contributed by atoms with Crippen molar-refractivity contribution in [2.24, 2.45) is 11.8 Å². The smallest absolute Gasteiger partial charge is 0.407 e. The van der Waals surface area contributed by atoms with Crippen molar-refractivity contribution in [3.8, 4) is 11.3 Å². The van der Waals surface area contributed by atoms with Crippen LogP contribution in [0.3, 0.4) is 0 Å². The zero-order chi connectivity index (χ0) is 42.9. The van der Waals surface area contributed by atoms with Crippen LogP contribution in [0.2, 0.25) is 0 Å². The summed E-state index contributed by atoms with van der Waals surface area (Å²) >= 11 is 0. The van der Waals surface area contributed by atoms with E-state index >= 15 is 0 Å². The summed E-state index contributed by atoms with van der Waals surface area (Å²) in [5.74, 6) is -0.681. The molecule has 60 heavy (non-hydrogen) atoms. The van der Waals surface area contributed by atoms with Crippen molar-refractivity contribution in [1.82, 2.24) is 30.8 Å². The molecule has 4 aromatic rings. The Morgan fingerprint density at radius 1 is 0.767 bits per heavy atom. The van der Waals surface area contributed by atoms with E-state index in [0.29, 0.717) is 25.3 Å². The zero-order valence-electron chi connectivity index (χ0n) is 35.3. The van der Waals surface area contributed by atoms with E-state index in [1.807, 2.05) is 48.0 Å². The van der Waals surface area contributed by atoms with Crippen LogP contribution in [0.5, 0.6) is 0 Å². The van der Waals surface area contributed by atoms with Crippen molar-refractivity contribution in [2.75, 3.05) is 32.2 Å². The molecule has 2 aliphatic heterocycles. The lowest BCUT2D eigenvalue weighted by molar-refractivity contribution is -0.135. The van der Waals surface area contributed by atoms with E-state index in [2.05, 4.69) is 86.3 Å². The first-order chi connectivity index (χ1) is 28.9. The lowest BCUT2D eigenvalue weighted by atomic mass is 9.85. The maximum Gasteiger partial charge on any atom is 0.407 e. The predicted octanol–water partition coefficient (Wildman–Crippen LogP) is 6.49. The highest BCUT2D eigenvalue weighted by atomic mass is 16.5. The Balaban J connectivity index is 1.14. The quantitative estimate of drug-likeness (QED) is 0.111. The predicted molar refractivity (Wildman–Crippen MR) is 228 cm³/mol. The van der Waals surface area contributed by atoms with Crippen molar-refractivity contribution in [1.29, 1.82) is 0 Å². The molecule has 1 unspecified atom stereocenters. The van der Waals surface area contributed by atoms with Crippen LogP contribution < -0.4 is 20.9 Å². The maximum absolute atomic E-state index is 13.6. The molecule has 0 aliphatic carbocycles. The molecule has 2 saturated heterocycles. The molecule has 0 spiro atoms. The van der Waals surface area contributed by atoms with Crippen molar-refractivity contribution < 1.29 is 33.4 Å². The van der Waals surface area contributed by atoms with Gasteiger partial charge in [-0.05, 0) is 78.3 Å². The molecule has 3 aromatic carbocycles. The number of hydrogen-bond donors (Lipinski definition) is 4. The number of amides is 5. The number of H-pyrrole nitrogens is 1. The number of benzene rings is 3. The molecule has 0 saturated carbocycles. The number of rotatable bonds is 14. The minimum absolute atomic E-state index is 0.0674. The number of methoxy groups -OCH3 is 2. The average molecular weight is 820 g/mol. The molecule has 2 aliphatic rings. The number of carbonyl (C=O) groups excluding carboxylic acids is 5. The van der Waals surface area contributed by atoms with E-state index in [4.69, 9.17) is 9.72 Å². The average Bonchev–Trinajstić information content (AvgIpc) is 4.06. The Morgan fingerprint density at radius 2 is 1.38 bits per heavy atom. The molecule has 0 bridgehead atoms. The molecule has 14 nitrogen and oxygen atoms in total. The summed E-state index contributed by atoms with van der Waals surface area (Å²) in [7, 11) is 2.52. The van der Waals surface area contributed by atoms with E-state index in [9.17, 15) is 24.0 Å². The number of anilines is 1. The third-order valence-corrected chi connectivity index (χ3v) is 11.6. The van der Waals surface area contributed by atoms with Crippen LogP contribution in [0.4, 0.5) is 15.3 Å². The van der Waals surface area contributed by atoms with Gasteiger partial charge in [0.2, 0.25) is 17.7 Å². The first-order valence-corrected chi connectivity index (χ1v) is 20.8. The largest absolute Gasteiger partial charge is 0.453 e. The minimum Gasteiger partial charge on any atom is -0.453 e. The van der Waals surface area contributed by atoms with Crippen molar-refractivity contribution in [3.63, 3.8) is 0 Å². The van der Waals surface area contributed by atoms with Gasteiger partial charge in [0.15, 0.2) is 0 Å². The Morgan fingerprint density at radius 3 is 2.02 bits per heavy atom. The third-order valence-electron chi connectivity index (χ3n) is 11.6. The standard InChI is InChI=1S/C46H57N7O7/c1-28(2)39(49-45(57)59-5)43(55)51-42(54)38-15-11-24-52(38)34-22-16-30(17-23-34)26-35(31-12-8-7-9-13-31)32-18-20-33(21-19-32)36-27-47-41(48-36)37-14-10-25-53(37)44(56)40(29(3)4)50-46(58)60-6/h7-9,12-13,16-23,27-29,35,37-40H,10-11,14-15,24-26H2,1-6H3,(H,47,48)(H,49,57)(H,50,58)(H,51,54,55)/t35?,37-,38-,39-,40-/m0/s1. The Hall–Kier alpha value is -6.18. The second kappa shape index (κ2) is 19.7. The Kier molecular flexibility index (Phi) is 14.3. The number of likely N-dealkylation sites (tertiary alicyclic amines) is 1. The third kappa shape index (κ3) is 10.2. The topological polar surface area (TPSA) is 175 Å². The van der Waals surface area contributed by atoms with Gasteiger partial charge >= 0.3 is 12.2 Å². The molecular formula is C46H57N7O7. The number of nitrogens with one attached hydrogen (secondary N) is 4. The number of aromatic nitrogens is 2. The summed E-state index contributed by atoms with van der Waals surface area (Å²) in [6.45, 7) is 8.64. The first-order valence-electron chi connectivity index (χ1n) is 20.8. The van der Waals surface area contributed by atoms with E-state index in [-0.39, 0.29) is 29.7 Å². The number of hydrogen-bond acceptors (Lipinski definition) is 9. The molecule has 14 heteroatoms. The van der Waals surface area contributed by atoms with Crippen molar-refractivity contribution in [3.05, 3.63) is 108 Å². The molecule has 5 amide bonds. The minimum atomic E-state index is -0.905. The molecule has 3 heterocycles. The van der Waals surface area contributed by atoms with Gasteiger partial charge in [0, 0.05) is 24.7 Å². The number of imidazole rings is 1. The number of alkyl carbamates (subject to hydrolysis) is 2. The summed E-state index contributed by atoms with van der Waals surface area (Å²) in [5, 5.41) is 7.75. The Labute approximate surface area is 351 Å². The van der Waals surface area contributed by atoms with Gasteiger partial charge in [-0.25, -0.2) is 14.6 Å². The maximum atomic E-state index is 13.6. The lowest BCUT2D eigenvalue weighted by Gasteiger charge is -2.30. The van der Waals surface area contributed by atoms with Crippen LogP contribution >= 0.6 is 0 Å². The summed E-state index contributed by atoms with van der Waals surface area (Å²) in [4.78, 5) is 75.9. The zero-order valence-corrected chi connectivity index (χ0v) is 35.3. The SMILES string of the molecule is COC(=O)N[C@H](C(=O)NC(=O)[C@@H]1CCCN1c1ccc(CC(c2ccccc2)c2ccc(-c3cnc([C@@H]4CCCN4C(=O)[C@@H](NC(=O)OC)C(C)C)[nH]3)cc2)cc1)C(C)C. The molecular weight excluding hydrogens is 763 g/mol. The van der Waals surface area contributed by atoms with Crippen LogP contribution in [0.15, 0.2) is 85.1 Å². The normalized spacial score (nSPS) is 17.9. The molecule has 1 aromatic heterocycles. The van der Waals surface area contributed by atoms with Gasteiger partial charge in [-0.15, -0.1) is 0 Å². The van der Waals surface area contributed by atoms with Gasteiger partial charge in [-0.3, -0.25) is 19.7 Å². The van der Waals surface area contributed by atoms with E-state index in [1.165, 1.54) is 19.8 Å². The summed E-state index contributed by atoms with van der Waals surface area (Å²) in [6, 6.07) is 24.8. The molecule has 0 radical (unpaired) electrons. The van der Waals surface area contributed by atoms with Crippen LogP contribution in [-0.2, 0) is 30.3 Å². The van der Waals surface area contributed by atoms with Gasteiger partial charge in [-0.1, -0.05) is 94.4 Å². The summed E-state index contributed by atoms with van der Waals surface area (Å²) in [5.41, 5.74) is 6.21. The fourth-order valence-corrected chi connectivity index (χ4v) is 8.26. The van der Waals surface area contributed by atoms with Gasteiger partial charge in [-0.2, -0.15) is 0 Å². The van der Waals surface area contributed by atoms with Gasteiger partial charge in [0.25, 0.3) is 0 Å². The number of ether oxygens (including phenoxy) is 2. The summed E-state index contributed by atoms with van der Waals surface area (Å²) < 4.78 is 9.44. The molecule has 5 atom stereocenters. The number of imide groups is 1. The number of aromatic amines is 1. The molecule has 4 N–H and O–H groups in total. The second-order valence-electron chi connectivity index (χ2n) is 16.2. The van der Waals surface area contributed by atoms with E-state index < -0.39 is 42.1 Å². The number of nitrogens with zero attached hydrogens (tertiary/aromatic N) is 3. The highest BCUT2D eigenvalue weighted by Gasteiger charge is 2.38. The van der Waals surface area contributed by atoms with E-state index in [0.717, 1.165) is 53.8 Å². The first kappa shape index (κ1) is 43.4. The second-order valence-corrected chi connectivity index (χ2v) is 16.2. The van der Waals surface area contributed by atoms with Gasteiger partial charge in [0.1, 0.15) is 23.9 Å². The monoisotopic (exact) mass is 819 g/mol. The van der Waals surface area contributed by atoms with Crippen LogP contribution in [0, 0.1) is 11.8 Å². The van der Waals surface area contributed by atoms with Crippen molar-refractivity contribution in [2.45, 2.75) is 89.9 Å². The fraction of sp³-hybridized carbons (Fsp3) is 0.435. The molecule has 318 valence electrons. The van der Waals surface area contributed by atoms with Gasteiger partial charge in [0.05, 0.1) is 32.2 Å². The molecule has 2 fully saturated rings. The van der Waals surface area contributed by atoms with Crippen LogP contribution in [-0.4, -0.2) is 90.2 Å². The highest BCUT2D eigenvalue weighted by Crippen LogP contribution is 2.35.